The molecule has 0 heterocycles. The van der Waals surface area contributed by atoms with Crippen molar-refractivity contribution in [2.75, 3.05) is 13.7 Å². The van der Waals surface area contributed by atoms with Gasteiger partial charge in [0.15, 0.2) is 0 Å². The molecule has 0 aromatic rings. The minimum absolute atomic E-state index is 0.0190. The number of methoxy groups -OCH3 is 1. The number of ether oxygens (including phenoxy) is 1. The Morgan fingerprint density at radius 2 is 1.93 bits per heavy atom. The maximum atomic E-state index is 11.3. The zero-order chi connectivity index (χ0) is 11.3. The van der Waals surface area contributed by atoms with E-state index < -0.39 is 0 Å². The standard InChI is InChI=1S/C12H23NO2/c1-9(2)10-4-6-11(7-5-10)13-12(14)8-15-3/h9-11H,4-8H2,1-3H3,(H,13,14). The maximum Gasteiger partial charge on any atom is 0.246 e. The van der Waals surface area contributed by atoms with Crippen molar-refractivity contribution in [2.24, 2.45) is 11.8 Å². The van der Waals surface area contributed by atoms with Gasteiger partial charge in [-0.1, -0.05) is 13.8 Å². The summed E-state index contributed by atoms with van der Waals surface area (Å²) in [6.07, 6.45) is 4.74. The Balaban J connectivity index is 2.22. The van der Waals surface area contributed by atoms with Crippen molar-refractivity contribution in [3.63, 3.8) is 0 Å². The van der Waals surface area contributed by atoms with E-state index in [4.69, 9.17) is 4.74 Å². The van der Waals surface area contributed by atoms with E-state index in [2.05, 4.69) is 19.2 Å². The Bertz CT molecular complexity index is 196. The highest BCUT2D eigenvalue weighted by Crippen LogP contribution is 2.29. The summed E-state index contributed by atoms with van der Waals surface area (Å²) >= 11 is 0. The minimum Gasteiger partial charge on any atom is -0.375 e. The predicted octanol–water partition coefficient (Wildman–Crippen LogP) is 1.96. The summed E-state index contributed by atoms with van der Waals surface area (Å²) in [7, 11) is 1.55. The van der Waals surface area contributed by atoms with Crippen molar-refractivity contribution < 1.29 is 9.53 Å². The number of hydrogen-bond acceptors (Lipinski definition) is 2. The third-order valence-electron chi connectivity index (χ3n) is 3.36. The first kappa shape index (κ1) is 12.5. The third kappa shape index (κ3) is 4.20. The average molecular weight is 213 g/mol. The van der Waals surface area contributed by atoms with Crippen LogP contribution < -0.4 is 5.32 Å². The van der Waals surface area contributed by atoms with Crippen molar-refractivity contribution in [3.8, 4) is 0 Å². The van der Waals surface area contributed by atoms with E-state index in [1.165, 1.54) is 12.8 Å². The summed E-state index contributed by atoms with van der Waals surface area (Å²) in [6, 6.07) is 0.377. The molecule has 0 spiro atoms. The van der Waals surface area contributed by atoms with Crippen LogP contribution in [0.5, 0.6) is 0 Å². The molecule has 1 amide bonds. The lowest BCUT2D eigenvalue weighted by atomic mass is 9.80. The lowest BCUT2D eigenvalue weighted by Gasteiger charge is -2.31. The van der Waals surface area contributed by atoms with E-state index in [1.807, 2.05) is 0 Å². The highest BCUT2D eigenvalue weighted by atomic mass is 16.5. The summed E-state index contributed by atoms with van der Waals surface area (Å²) < 4.78 is 4.79. The highest BCUT2D eigenvalue weighted by Gasteiger charge is 2.23. The molecule has 0 aromatic carbocycles. The number of carbonyl (C=O) groups excluding carboxylic acids is 1. The van der Waals surface area contributed by atoms with Gasteiger partial charge in [0.2, 0.25) is 5.91 Å². The van der Waals surface area contributed by atoms with Gasteiger partial charge in [-0.25, -0.2) is 0 Å². The fourth-order valence-corrected chi connectivity index (χ4v) is 2.33. The monoisotopic (exact) mass is 213 g/mol. The number of nitrogens with one attached hydrogen (secondary N) is 1. The van der Waals surface area contributed by atoms with E-state index >= 15 is 0 Å². The molecule has 1 aliphatic carbocycles. The molecule has 0 bridgehead atoms. The van der Waals surface area contributed by atoms with Gasteiger partial charge in [0.1, 0.15) is 6.61 Å². The topological polar surface area (TPSA) is 38.3 Å². The van der Waals surface area contributed by atoms with Crippen LogP contribution in [0.2, 0.25) is 0 Å². The molecule has 0 radical (unpaired) electrons. The Morgan fingerprint density at radius 1 is 1.33 bits per heavy atom. The van der Waals surface area contributed by atoms with Crippen molar-refractivity contribution in [3.05, 3.63) is 0 Å². The SMILES string of the molecule is COCC(=O)NC1CCC(C(C)C)CC1. The van der Waals surface area contributed by atoms with Crippen molar-refractivity contribution in [1.82, 2.24) is 5.32 Å². The number of carbonyl (C=O) groups is 1. The van der Waals surface area contributed by atoms with Gasteiger partial charge in [0, 0.05) is 13.2 Å². The Kier molecular flexibility index (Phi) is 5.09. The van der Waals surface area contributed by atoms with Crippen LogP contribution in [0.3, 0.4) is 0 Å². The fraction of sp³-hybridized carbons (Fsp3) is 0.917. The van der Waals surface area contributed by atoms with E-state index in [0.717, 1.165) is 24.7 Å². The molecule has 0 atom stereocenters. The summed E-state index contributed by atoms with van der Waals surface area (Å²) in [5.74, 6) is 1.65. The van der Waals surface area contributed by atoms with Crippen LogP contribution in [0, 0.1) is 11.8 Å². The van der Waals surface area contributed by atoms with E-state index in [1.54, 1.807) is 7.11 Å². The maximum absolute atomic E-state index is 11.3. The number of hydrogen-bond donors (Lipinski definition) is 1. The summed E-state index contributed by atoms with van der Waals surface area (Å²) in [6.45, 7) is 4.76. The second-order valence-corrected chi connectivity index (χ2v) is 4.86. The molecular weight excluding hydrogens is 190 g/mol. The van der Waals surface area contributed by atoms with Gasteiger partial charge >= 0.3 is 0 Å². The average Bonchev–Trinajstić information content (AvgIpc) is 2.18. The van der Waals surface area contributed by atoms with Gasteiger partial charge in [-0.2, -0.15) is 0 Å². The zero-order valence-electron chi connectivity index (χ0n) is 10.1. The molecule has 1 N–H and O–H groups in total. The van der Waals surface area contributed by atoms with Crippen molar-refractivity contribution in [1.29, 1.82) is 0 Å². The number of rotatable bonds is 4. The quantitative estimate of drug-likeness (QED) is 0.775. The van der Waals surface area contributed by atoms with Crippen LogP contribution in [0.15, 0.2) is 0 Å². The van der Waals surface area contributed by atoms with Gasteiger partial charge in [-0.3, -0.25) is 4.79 Å². The lowest BCUT2D eigenvalue weighted by Crippen LogP contribution is -2.39. The van der Waals surface area contributed by atoms with Crippen LogP contribution in [-0.2, 0) is 9.53 Å². The molecule has 0 unspecified atom stereocenters. The summed E-state index contributed by atoms with van der Waals surface area (Å²) in [5.41, 5.74) is 0. The van der Waals surface area contributed by atoms with Gasteiger partial charge < -0.3 is 10.1 Å². The largest absolute Gasteiger partial charge is 0.375 e. The first-order valence-electron chi connectivity index (χ1n) is 5.91. The molecule has 88 valence electrons. The van der Waals surface area contributed by atoms with Gasteiger partial charge in [0.25, 0.3) is 0 Å². The van der Waals surface area contributed by atoms with Gasteiger partial charge in [-0.05, 0) is 37.5 Å². The second kappa shape index (κ2) is 6.11. The van der Waals surface area contributed by atoms with E-state index in [-0.39, 0.29) is 12.5 Å². The normalized spacial score (nSPS) is 26.7. The van der Waals surface area contributed by atoms with Gasteiger partial charge in [-0.15, -0.1) is 0 Å². The summed E-state index contributed by atoms with van der Waals surface area (Å²) in [5, 5.41) is 3.02. The molecule has 3 nitrogen and oxygen atoms in total. The summed E-state index contributed by atoms with van der Waals surface area (Å²) in [4.78, 5) is 11.3. The second-order valence-electron chi connectivity index (χ2n) is 4.86. The molecule has 0 saturated heterocycles. The lowest BCUT2D eigenvalue weighted by molar-refractivity contribution is -0.125. The minimum atomic E-state index is 0.0190. The van der Waals surface area contributed by atoms with Crippen LogP contribution >= 0.6 is 0 Å². The molecule has 1 rings (SSSR count). The van der Waals surface area contributed by atoms with Crippen molar-refractivity contribution in [2.45, 2.75) is 45.6 Å². The Hall–Kier alpha value is -0.570. The van der Waals surface area contributed by atoms with Crippen LogP contribution in [-0.4, -0.2) is 25.7 Å². The predicted molar refractivity (Wildman–Crippen MR) is 60.6 cm³/mol. The third-order valence-corrected chi connectivity index (χ3v) is 3.36. The molecule has 3 heteroatoms. The molecule has 1 saturated carbocycles. The Labute approximate surface area is 92.6 Å². The van der Waals surface area contributed by atoms with E-state index in [0.29, 0.717) is 6.04 Å². The first-order chi connectivity index (χ1) is 7.13. The smallest absolute Gasteiger partial charge is 0.246 e. The van der Waals surface area contributed by atoms with Gasteiger partial charge in [0.05, 0.1) is 0 Å². The Morgan fingerprint density at radius 3 is 2.40 bits per heavy atom. The molecule has 1 aliphatic rings. The molecule has 0 aromatic heterocycles. The molecular formula is C12H23NO2. The van der Waals surface area contributed by atoms with Crippen molar-refractivity contribution >= 4 is 5.91 Å². The number of amides is 1. The van der Waals surface area contributed by atoms with Crippen LogP contribution in [0.1, 0.15) is 39.5 Å². The van der Waals surface area contributed by atoms with Crippen LogP contribution in [0.25, 0.3) is 0 Å². The van der Waals surface area contributed by atoms with Crippen LogP contribution in [0.4, 0.5) is 0 Å². The molecule has 0 aliphatic heterocycles. The van der Waals surface area contributed by atoms with E-state index in [9.17, 15) is 4.79 Å². The molecule has 15 heavy (non-hydrogen) atoms. The first-order valence-corrected chi connectivity index (χ1v) is 5.91. The highest BCUT2D eigenvalue weighted by molar-refractivity contribution is 5.77. The zero-order valence-corrected chi connectivity index (χ0v) is 10.1. The fourth-order valence-electron chi connectivity index (χ4n) is 2.33. The molecule has 1 fully saturated rings.